The van der Waals surface area contributed by atoms with Gasteiger partial charge in [0.25, 0.3) is 5.91 Å². The fourth-order valence-electron chi connectivity index (χ4n) is 3.83. The zero-order chi connectivity index (χ0) is 19.8. The molecule has 6 heteroatoms. The fraction of sp³-hybridized carbons (Fsp3) is 0.174. The molecule has 0 unspecified atom stereocenters. The molecule has 144 valence electrons. The third kappa shape index (κ3) is 3.12. The lowest BCUT2D eigenvalue weighted by Crippen LogP contribution is -2.28. The predicted molar refractivity (Wildman–Crippen MR) is 111 cm³/mol. The summed E-state index contributed by atoms with van der Waals surface area (Å²) in [5, 5.41) is 8.56. The first kappa shape index (κ1) is 17.4. The van der Waals surface area contributed by atoms with Crippen molar-refractivity contribution in [3.8, 4) is 5.75 Å². The van der Waals surface area contributed by atoms with E-state index in [4.69, 9.17) is 4.74 Å². The molecule has 0 spiro atoms. The van der Waals surface area contributed by atoms with Crippen molar-refractivity contribution in [2.45, 2.75) is 13.0 Å². The van der Waals surface area contributed by atoms with Crippen LogP contribution < -0.4 is 9.64 Å². The van der Waals surface area contributed by atoms with Gasteiger partial charge in [-0.05, 0) is 53.9 Å². The van der Waals surface area contributed by atoms with Crippen molar-refractivity contribution in [1.82, 2.24) is 15.0 Å². The van der Waals surface area contributed by atoms with Crippen LogP contribution in [0, 0.1) is 0 Å². The van der Waals surface area contributed by atoms with Crippen LogP contribution in [0.1, 0.15) is 21.5 Å². The van der Waals surface area contributed by atoms with Crippen LogP contribution in [0.3, 0.4) is 0 Å². The van der Waals surface area contributed by atoms with Gasteiger partial charge in [0, 0.05) is 17.8 Å². The van der Waals surface area contributed by atoms with E-state index in [1.54, 1.807) is 7.11 Å². The zero-order valence-corrected chi connectivity index (χ0v) is 16.1. The molecular weight excluding hydrogens is 364 g/mol. The lowest BCUT2D eigenvalue weighted by molar-refractivity contribution is 0.0989. The van der Waals surface area contributed by atoms with E-state index in [-0.39, 0.29) is 5.91 Å². The quantitative estimate of drug-likeness (QED) is 0.538. The maximum absolute atomic E-state index is 13.1. The number of fused-ring (bicyclic) bond motifs is 2. The van der Waals surface area contributed by atoms with Crippen molar-refractivity contribution in [3.05, 3.63) is 83.4 Å². The van der Waals surface area contributed by atoms with Gasteiger partial charge in [-0.1, -0.05) is 35.5 Å². The average molecular weight is 384 g/mol. The maximum Gasteiger partial charge on any atom is 0.258 e. The number of para-hydroxylation sites is 1. The lowest BCUT2D eigenvalue weighted by Gasteiger charge is -2.17. The summed E-state index contributed by atoms with van der Waals surface area (Å²) in [6.45, 7) is 1.31. The predicted octanol–water partition coefficient (Wildman–Crippen LogP) is 3.69. The summed E-state index contributed by atoms with van der Waals surface area (Å²) >= 11 is 0. The third-order valence-corrected chi connectivity index (χ3v) is 5.38. The first-order chi connectivity index (χ1) is 14.2. The Morgan fingerprint density at radius 3 is 2.72 bits per heavy atom. The second-order valence-electron chi connectivity index (χ2n) is 7.13. The van der Waals surface area contributed by atoms with Crippen molar-refractivity contribution in [2.24, 2.45) is 0 Å². The molecule has 0 saturated carbocycles. The molecule has 0 aliphatic carbocycles. The number of nitrogens with zero attached hydrogens (tertiary/aromatic N) is 4. The number of benzene rings is 3. The third-order valence-electron chi connectivity index (χ3n) is 5.38. The minimum atomic E-state index is 0.00144. The van der Waals surface area contributed by atoms with Gasteiger partial charge in [-0.15, -0.1) is 5.10 Å². The summed E-state index contributed by atoms with van der Waals surface area (Å²) in [6, 6.07) is 21.6. The van der Waals surface area contributed by atoms with Crippen LogP contribution in [-0.2, 0) is 13.0 Å². The Morgan fingerprint density at radius 1 is 1.07 bits per heavy atom. The number of carbonyl (C=O) groups excluding carboxylic acids is 1. The summed E-state index contributed by atoms with van der Waals surface area (Å²) in [4.78, 5) is 14.9. The van der Waals surface area contributed by atoms with Gasteiger partial charge in [0.05, 0.1) is 19.2 Å². The molecule has 0 atom stereocenters. The Morgan fingerprint density at radius 2 is 1.90 bits per heavy atom. The minimum Gasteiger partial charge on any atom is -0.497 e. The van der Waals surface area contributed by atoms with Gasteiger partial charge in [-0.3, -0.25) is 4.79 Å². The molecule has 2 heterocycles. The summed E-state index contributed by atoms with van der Waals surface area (Å²) in [5.74, 6) is 0.824. The van der Waals surface area contributed by atoms with Crippen LogP contribution in [0.5, 0.6) is 5.75 Å². The Balaban J connectivity index is 1.41. The Hall–Kier alpha value is -3.67. The van der Waals surface area contributed by atoms with E-state index < -0.39 is 0 Å². The maximum atomic E-state index is 13.1. The fourth-order valence-corrected chi connectivity index (χ4v) is 3.83. The Bertz CT molecular complexity index is 1200. The molecule has 3 aromatic carbocycles. The van der Waals surface area contributed by atoms with E-state index in [0.717, 1.165) is 34.5 Å². The van der Waals surface area contributed by atoms with Crippen LogP contribution in [0.4, 0.5) is 5.69 Å². The molecule has 0 fully saturated rings. The number of amides is 1. The van der Waals surface area contributed by atoms with Crippen molar-refractivity contribution in [3.63, 3.8) is 0 Å². The standard InChI is InChI=1S/C23H20N4O2/c1-29-19-9-6-16(7-10-19)15-27-22-11-8-18(14-20(22)24-25-27)23(28)26-13-12-17-4-2-3-5-21(17)26/h2-11,14H,12-13,15H2,1H3. The Kier molecular flexibility index (Phi) is 4.24. The van der Waals surface area contributed by atoms with E-state index in [1.165, 1.54) is 5.56 Å². The number of aromatic nitrogens is 3. The topological polar surface area (TPSA) is 60.2 Å². The molecule has 6 nitrogen and oxygen atoms in total. The van der Waals surface area contributed by atoms with Gasteiger partial charge in [-0.25, -0.2) is 4.68 Å². The number of ether oxygens (including phenoxy) is 1. The molecule has 1 amide bonds. The van der Waals surface area contributed by atoms with Crippen LogP contribution in [0.2, 0.25) is 0 Å². The number of methoxy groups -OCH3 is 1. The number of rotatable bonds is 4. The van der Waals surface area contributed by atoms with E-state index >= 15 is 0 Å². The average Bonchev–Trinajstić information content (AvgIpc) is 3.38. The summed E-state index contributed by atoms with van der Waals surface area (Å²) < 4.78 is 7.05. The largest absolute Gasteiger partial charge is 0.497 e. The zero-order valence-electron chi connectivity index (χ0n) is 16.1. The molecule has 4 aromatic rings. The molecule has 1 aromatic heterocycles. The van der Waals surface area contributed by atoms with Gasteiger partial charge in [-0.2, -0.15) is 0 Å². The highest BCUT2D eigenvalue weighted by atomic mass is 16.5. The summed E-state index contributed by atoms with van der Waals surface area (Å²) in [7, 11) is 1.65. The highest BCUT2D eigenvalue weighted by Crippen LogP contribution is 2.29. The van der Waals surface area contributed by atoms with Crippen molar-refractivity contribution in [1.29, 1.82) is 0 Å². The number of hydrogen-bond acceptors (Lipinski definition) is 4. The van der Waals surface area contributed by atoms with Gasteiger partial charge < -0.3 is 9.64 Å². The molecule has 0 bridgehead atoms. The van der Waals surface area contributed by atoms with Crippen LogP contribution in [-0.4, -0.2) is 34.6 Å². The van der Waals surface area contributed by atoms with E-state index in [0.29, 0.717) is 18.7 Å². The smallest absolute Gasteiger partial charge is 0.258 e. The minimum absolute atomic E-state index is 0.00144. The molecular formula is C23H20N4O2. The van der Waals surface area contributed by atoms with Crippen molar-refractivity contribution >= 4 is 22.6 Å². The second kappa shape index (κ2) is 7.05. The normalized spacial score (nSPS) is 12.9. The van der Waals surface area contributed by atoms with E-state index in [1.807, 2.05) is 70.2 Å². The second-order valence-corrected chi connectivity index (χ2v) is 7.13. The van der Waals surface area contributed by atoms with Gasteiger partial charge in [0.1, 0.15) is 11.3 Å². The lowest BCUT2D eigenvalue weighted by atomic mass is 10.1. The first-order valence-corrected chi connectivity index (χ1v) is 9.59. The highest BCUT2D eigenvalue weighted by Gasteiger charge is 2.25. The van der Waals surface area contributed by atoms with E-state index in [2.05, 4.69) is 16.4 Å². The SMILES string of the molecule is COc1ccc(Cn2nnc3cc(C(=O)N4CCc5ccccc54)ccc32)cc1. The van der Waals surface area contributed by atoms with Crippen molar-refractivity contribution < 1.29 is 9.53 Å². The molecule has 29 heavy (non-hydrogen) atoms. The van der Waals surface area contributed by atoms with Gasteiger partial charge in [0.15, 0.2) is 0 Å². The molecule has 0 N–H and O–H groups in total. The summed E-state index contributed by atoms with van der Waals surface area (Å²) in [5.41, 5.74) is 5.57. The number of hydrogen-bond donors (Lipinski definition) is 0. The van der Waals surface area contributed by atoms with Crippen molar-refractivity contribution in [2.75, 3.05) is 18.6 Å². The van der Waals surface area contributed by atoms with Gasteiger partial charge in [0.2, 0.25) is 0 Å². The van der Waals surface area contributed by atoms with Gasteiger partial charge >= 0.3 is 0 Å². The number of carbonyl (C=O) groups is 1. The molecule has 1 aliphatic heterocycles. The Labute approximate surface area is 168 Å². The number of anilines is 1. The molecule has 0 saturated heterocycles. The van der Waals surface area contributed by atoms with Crippen LogP contribution in [0.25, 0.3) is 11.0 Å². The highest BCUT2D eigenvalue weighted by molar-refractivity contribution is 6.08. The molecule has 5 rings (SSSR count). The molecule has 0 radical (unpaired) electrons. The first-order valence-electron chi connectivity index (χ1n) is 9.59. The summed E-state index contributed by atoms with van der Waals surface area (Å²) in [6.07, 6.45) is 0.891. The van der Waals surface area contributed by atoms with E-state index in [9.17, 15) is 4.79 Å². The van der Waals surface area contributed by atoms with Crippen LogP contribution >= 0.6 is 0 Å². The monoisotopic (exact) mass is 384 g/mol. The van der Waals surface area contributed by atoms with Crippen LogP contribution in [0.15, 0.2) is 66.7 Å². The molecule has 1 aliphatic rings.